The lowest BCUT2D eigenvalue weighted by molar-refractivity contribution is 0.601. The van der Waals surface area contributed by atoms with E-state index in [9.17, 15) is 4.39 Å². The van der Waals surface area contributed by atoms with Gasteiger partial charge in [-0.1, -0.05) is 18.5 Å². The van der Waals surface area contributed by atoms with Crippen molar-refractivity contribution in [2.45, 2.75) is 19.9 Å². The Morgan fingerprint density at radius 1 is 1.44 bits per heavy atom. The van der Waals surface area contributed by atoms with Crippen molar-refractivity contribution >= 4 is 11.6 Å². The summed E-state index contributed by atoms with van der Waals surface area (Å²) in [5, 5.41) is 12.9. The molecule has 5 heteroatoms. The van der Waals surface area contributed by atoms with Crippen LogP contribution in [0, 0.1) is 17.1 Å². The van der Waals surface area contributed by atoms with Gasteiger partial charge in [0.05, 0.1) is 16.3 Å². The first kappa shape index (κ1) is 12.6. The molecule has 18 heavy (non-hydrogen) atoms. The summed E-state index contributed by atoms with van der Waals surface area (Å²) in [6, 6.07) is 6.60. The minimum Gasteiger partial charge on any atom is -0.272 e. The highest BCUT2D eigenvalue weighted by molar-refractivity contribution is 6.32. The zero-order valence-electron chi connectivity index (χ0n) is 9.82. The van der Waals surface area contributed by atoms with Gasteiger partial charge in [-0.05, 0) is 24.6 Å². The minimum atomic E-state index is -0.600. The third kappa shape index (κ3) is 2.22. The second kappa shape index (κ2) is 5.19. The predicted molar refractivity (Wildman–Crippen MR) is 67.6 cm³/mol. The van der Waals surface area contributed by atoms with Crippen molar-refractivity contribution in [3.05, 3.63) is 40.8 Å². The summed E-state index contributed by atoms with van der Waals surface area (Å²) in [4.78, 5) is 0. The van der Waals surface area contributed by atoms with Gasteiger partial charge in [-0.2, -0.15) is 10.4 Å². The van der Waals surface area contributed by atoms with Crippen LogP contribution in [0.4, 0.5) is 4.39 Å². The molecule has 0 unspecified atom stereocenters. The van der Waals surface area contributed by atoms with Gasteiger partial charge in [0, 0.05) is 18.3 Å². The van der Waals surface area contributed by atoms with E-state index in [1.54, 1.807) is 16.9 Å². The van der Waals surface area contributed by atoms with Crippen LogP contribution in [0.5, 0.6) is 0 Å². The van der Waals surface area contributed by atoms with E-state index < -0.39 is 5.82 Å². The second-order valence-electron chi connectivity index (χ2n) is 3.86. The Bertz CT molecular complexity index is 613. The second-order valence-corrected chi connectivity index (χ2v) is 4.24. The first-order valence-electron chi connectivity index (χ1n) is 5.59. The molecule has 0 atom stereocenters. The predicted octanol–water partition coefficient (Wildman–Crippen LogP) is 3.62. The number of halogens is 2. The molecule has 0 aliphatic heterocycles. The summed E-state index contributed by atoms with van der Waals surface area (Å²) >= 11 is 5.78. The molecule has 0 saturated carbocycles. The number of aromatic nitrogens is 2. The standard InChI is InChI=1S/C13H11ClFN3/c1-2-6-18-7-5-11(17-18)10-4-3-9(8-16)12(14)13(10)15/h3-5,7H,2,6H2,1H3. The van der Waals surface area contributed by atoms with Crippen LogP contribution >= 0.6 is 11.6 Å². The maximum absolute atomic E-state index is 14.0. The summed E-state index contributed by atoms with van der Waals surface area (Å²) < 4.78 is 15.7. The van der Waals surface area contributed by atoms with Gasteiger partial charge in [-0.25, -0.2) is 4.39 Å². The number of hydrogen-bond acceptors (Lipinski definition) is 2. The van der Waals surface area contributed by atoms with Gasteiger partial charge < -0.3 is 0 Å². The molecule has 2 aromatic rings. The summed E-state index contributed by atoms with van der Waals surface area (Å²) in [5.74, 6) is -0.600. The monoisotopic (exact) mass is 263 g/mol. The lowest BCUT2D eigenvalue weighted by Gasteiger charge is -2.03. The normalized spacial score (nSPS) is 10.3. The first-order chi connectivity index (χ1) is 8.67. The average Bonchev–Trinajstić information content (AvgIpc) is 2.81. The fraction of sp³-hybridized carbons (Fsp3) is 0.231. The number of benzene rings is 1. The van der Waals surface area contributed by atoms with Gasteiger partial charge in [-0.3, -0.25) is 4.68 Å². The Morgan fingerprint density at radius 3 is 2.89 bits per heavy atom. The van der Waals surface area contributed by atoms with Crippen LogP contribution in [-0.4, -0.2) is 9.78 Å². The van der Waals surface area contributed by atoms with Gasteiger partial charge in [-0.15, -0.1) is 0 Å². The molecule has 0 fully saturated rings. The average molecular weight is 264 g/mol. The number of rotatable bonds is 3. The van der Waals surface area contributed by atoms with E-state index in [0.717, 1.165) is 13.0 Å². The third-order valence-corrected chi connectivity index (χ3v) is 2.94. The number of aryl methyl sites for hydroxylation is 1. The van der Waals surface area contributed by atoms with Crippen molar-refractivity contribution in [1.82, 2.24) is 9.78 Å². The van der Waals surface area contributed by atoms with E-state index >= 15 is 0 Å². The van der Waals surface area contributed by atoms with Gasteiger partial charge in [0.1, 0.15) is 6.07 Å². The zero-order valence-corrected chi connectivity index (χ0v) is 10.6. The SMILES string of the molecule is CCCn1ccc(-c2ccc(C#N)c(Cl)c2F)n1. The van der Waals surface area contributed by atoms with Gasteiger partial charge >= 0.3 is 0 Å². The third-order valence-electron chi connectivity index (χ3n) is 2.57. The Labute approximate surface area is 109 Å². The highest BCUT2D eigenvalue weighted by Gasteiger charge is 2.14. The Morgan fingerprint density at radius 2 is 2.22 bits per heavy atom. The van der Waals surface area contributed by atoms with E-state index in [-0.39, 0.29) is 10.6 Å². The molecule has 1 aromatic heterocycles. The fourth-order valence-electron chi connectivity index (χ4n) is 1.69. The molecule has 1 aromatic carbocycles. The van der Waals surface area contributed by atoms with Crippen molar-refractivity contribution in [2.75, 3.05) is 0 Å². The summed E-state index contributed by atoms with van der Waals surface area (Å²) in [7, 11) is 0. The van der Waals surface area contributed by atoms with Crippen molar-refractivity contribution < 1.29 is 4.39 Å². The molecule has 0 aliphatic rings. The molecule has 2 rings (SSSR count). The lowest BCUT2D eigenvalue weighted by atomic mass is 10.1. The quantitative estimate of drug-likeness (QED) is 0.849. The molecule has 0 N–H and O–H groups in total. The Kier molecular flexibility index (Phi) is 3.63. The lowest BCUT2D eigenvalue weighted by Crippen LogP contribution is -1.97. The van der Waals surface area contributed by atoms with Crippen LogP contribution in [-0.2, 0) is 6.54 Å². The number of nitrogens with zero attached hydrogens (tertiary/aromatic N) is 3. The van der Waals surface area contributed by atoms with Crippen molar-refractivity contribution in [2.24, 2.45) is 0 Å². The van der Waals surface area contributed by atoms with Gasteiger partial charge in [0.15, 0.2) is 5.82 Å². The number of nitriles is 1. The summed E-state index contributed by atoms with van der Waals surface area (Å²) in [5.41, 5.74) is 0.965. The molecule has 0 saturated heterocycles. The van der Waals surface area contributed by atoms with Crippen LogP contribution in [0.15, 0.2) is 24.4 Å². The highest BCUT2D eigenvalue weighted by Crippen LogP contribution is 2.29. The van der Waals surface area contributed by atoms with E-state index in [1.807, 2.05) is 13.0 Å². The molecule has 0 radical (unpaired) electrons. The zero-order chi connectivity index (χ0) is 13.1. The minimum absolute atomic E-state index is 0.130. The molecule has 0 amide bonds. The van der Waals surface area contributed by atoms with E-state index in [4.69, 9.17) is 16.9 Å². The van der Waals surface area contributed by atoms with Crippen LogP contribution in [0.3, 0.4) is 0 Å². The summed E-state index contributed by atoms with van der Waals surface area (Å²) in [6.45, 7) is 2.83. The van der Waals surface area contributed by atoms with Gasteiger partial charge in [0.25, 0.3) is 0 Å². The van der Waals surface area contributed by atoms with Crippen molar-refractivity contribution in [3.63, 3.8) is 0 Å². The van der Waals surface area contributed by atoms with Crippen molar-refractivity contribution in [3.8, 4) is 17.3 Å². The highest BCUT2D eigenvalue weighted by atomic mass is 35.5. The van der Waals surface area contributed by atoms with E-state index in [0.29, 0.717) is 11.3 Å². The molecule has 0 bridgehead atoms. The topological polar surface area (TPSA) is 41.6 Å². The van der Waals surface area contributed by atoms with Crippen LogP contribution in [0.1, 0.15) is 18.9 Å². The van der Waals surface area contributed by atoms with Gasteiger partial charge in [0.2, 0.25) is 0 Å². The molecular weight excluding hydrogens is 253 g/mol. The number of hydrogen-bond donors (Lipinski definition) is 0. The molecular formula is C13H11ClFN3. The van der Waals surface area contributed by atoms with E-state index in [1.165, 1.54) is 12.1 Å². The molecule has 92 valence electrons. The molecule has 0 spiro atoms. The molecule has 0 aliphatic carbocycles. The van der Waals surface area contributed by atoms with Crippen LogP contribution in [0.25, 0.3) is 11.3 Å². The summed E-state index contributed by atoms with van der Waals surface area (Å²) in [6.07, 6.45) is 2.75. The molecule has 3 nitrogen and oxygen atoms in total. The van der Waals surface area contributed by atoms with Crippen LogP contribution < -0.4 is 0 Å². The van der Waals surface area contributed by atoms with Crippen molar-refractivity contribution in [1.29, 1.82) is 5.26 Å². The maximum Gasteiger partial charge on any atom is 0.152 e. The largest absolute Gasteiger partial charge is 0.272 e. The molecule has 1 heterocycles. The fourth-order valence-corrected chi connectivity index (χ4v) is 1.90. The Balaban J connectivity index is 2.45. The smallest absolute Gasteiger partial charge is 0.152 e. The van der Waals surface area contributed by atoms with E-state index in [2.05, 4.69) is 5.10 Å². The maximum atomic E-state index is 14.0. The van der Waals surface area contributed by atoms with Crippen LogP contribution in [0.2, 0.25) is 5.02 Å². The first-order valence-corrected chi connectivity index (χ1v) is 5.97. The Hall–Kier alpha value is -1.86.